The molecular formula is C11H20F3N3. The van der Waals surface area contributed by atoms with Crippen molar-refractivity contribution >= 4 is 5.96 Å². The highest BCUT2D eigenvalue weighted by molar-refractivity contribution is 5.79. The van der Waals surface area contributed by atoms with Crippen molar-refractivity contribution in [2.24, 2.45) is 10.9 Å². The Labute approximate surface area is 100 Å². The lowest BCUT2D eigenvalue weighted by Crippen LogP contribution is -2.46. The van der Waals surface area contributed by atoms with E-state index >= 15 is 0 Å². The fraction of sp³-hybridized carbons (Fsp3) is 0.909. The minimum Gasteiger partial charge on any atom is -0.356 e. The summed E-state index contributed by atoms with van der Waals surface area (Å²) in [7, 11) is 1.61. The zero-order chi connectivity index (χ0) is 12.9. The van der Waals surface area contributed by atoms with Crippen LogP contribution in [-0.2, 0) is 0 Å². The van der Waals surface area contributed by atoms with Crippen molar-refractivity contribution < 1.29 is 13.2 Å². The van der Waals surface area contributed by atoms with E-state index in [1.807, 2.05) is 4.90 Å². The highest BCUT2D eigenvalue weighted by Gasteiger charge is 2.27. The molecule has 0 unspecified atom stereocenters. The molecule has 0 aromatic heterocycles. The van der Waals surface area contributed by atoms with Crippen LogP contribution in [-0.4, -0.2) is 43.7 Å². The first-order valence-electron chi connectivity index (χ1n) is 5.94. The smallest absolute Gasteiger partial charge is 0.356 e. The Kier molecular flexibility index (Phi) is 5.08. The van der Waals surface area contributed by atoms with Gasteiger partial charge in [0.25, 0.3) is 0 Å². The van der Waals surface area contributed by atoms with Crippen molar-refractivity contribution in [2.75, 3.05) is 26.7 Å². The van der Waals surface area contributed by atoms with E-state index < -0.39 is 12.6 Å². The average molecular weight is 251 g/mol. The molecule has 3 nitrogen and oxygen atoms in total. The first kappa shape index (κ1) is 14.1. The number of nitrogens with one attached hydrogen (secondary N) is 1. The summed E-state index contributed by atoms with van der Waals surface area (Å²) in [4.78, 5) is 6.04. The minimum atomic E-state index is -4.11. The second kappa shape index (κ2) is 6.12. The number of nitrogens with zero attached hydrogens (tertiary/aromatic N) is 2. The van der Waals surface area contributed by atoms with Crippen molar-refractivity contribution in [3.05, 3.63) is 0 Å². The van der Waals surface area contributed by atoms with Gasteiger partial charge in [-0.2, -0.15) is 13.2 Å². The van der Waals surface area contributed by atoms with E-state index in [1.165, 1.54) is 0 Å². The van der Waals surface area contributed by atoms with Gasteiger partial charge in [0.15, 0.2) is 5.96 Å². The zero-order valence-electron chi connectivity index (χ0n) is 10.3. The second-order valence-electron chi connectivity index (χ2n) is 4.51. The molecule has 1 aliphatic rings. The molecule has 100 valence electrons. The maximum absolute atomic E-state index is 12.0. The van der Waals surface area contributed by atoms with E-state index in [0.29, 0.717) is 11.9 Å². The summed E-state index contributed by atoms with van der Waals surface area (Å²) in [5.41, 5.74) is 0. The summed E-state index contributed by atoms with van der Waals surface area (Å²) in [6.45, 7) is 3.82. The van der Waals surface area contributed by atoms with Crippen molar-refractivity contribution in [1.29, 1.82) is 0 Å². The molecule has 0 bridgehead atoms. The highest BCUT2D eigenvalue weighted by Crippen LogP contribution is 2.19. The lowest BCUT2D eigenvalue weighted by atomic mass is 10.00. The summed E-state index contributed by atoms with van der Waals surface area (Å²) in [5, 5.41) is 2.77. The molecule has 1 saturated heterocycles. The maximum atomic E-state index is 12.0. The van der Waals surface area contributed by atoms with Crippen molar-refractivity contribution in [3.8, 4) is 0 Å². The maximum Gasteiger partial charge on any atom is 0.390 e. The van der Waals surface area contributed by atoms with Crippen LogP contribution < -0.4 is 5.32 Å². The molecule has 1 aliphatic heterocycles. The Hall–Kier alpha value is -0.940. The molecule has 1 N–H and O–H groups in total. The fourth-order valence-electron chi connectivity index (χ4n) is 1.87. The molecule has 0 aliphatic carbocycles. The largest absolute Gasteiger partial charge is 0.390 e. The number of guanidine groups is 1. The Morgan fingerprint density at radius 2 is 1.94 bits per heavy atom. The van der Waals surface area contributed by atoms with Gasteiger partial charge in [-0.05, 0) is 18.8 Å². The quantitative estimate of drug-likeness (QED) is 0.602. The number of hydrogen-bond donors (Lipinski definition) is 1. The van der Waals surface area contributed by atoms with Gasteiger partial charge >= 0.3 is 6.18 Å². The number of hydrogen-bond acceptors (Lipinski definition) is 1. The lowest BCUT2D eigenvalue weighted by molar-refractivity contribution is -0.132. The second-order valence-corrected chi connectivity index (χ2v) is 4.51. The minimum absolute atomic E-state index is 0.109. The summed E-state index contributed by atoms with van der Waals surface area (Å²) in [5.74, 6) is 1.28. The number of piperidine rings is 1. The molecule has 6 heteroatoms. The predicted molar refractivity (Wildman–Crippen MR) is 62.0 cm³/mol. The lowest BCUT2D eigenvalue weighted by Gasteiger charge is -2.32. The summed E-state index contributed by atoms with van der Waals surface area (Å²) >= 11 is 0. The van der Waals surface area contributed by atoms with Crippen LogP contribution in [0, 0.1) is 5.92 Å². The molecule has 0 amide bonds. The third-order valence-electron chi connectivity index (χ3n) is 2.99. The molecule has 0 spiro atoms. The third-order valence-corrected chi connectivity index (χ3v) is 2.99. The van der Waals surface area contributed by atoms with Crippen LogP contribution >= 0.6 is 0 Å². The van der Waals surface area contributed by atoms with Gasteiger partial charge in [0.05, 0.1) is 6.42 Å². The van der Waals surface area contributed by atoms with Crippen LogP contribution in [0.2, 0.25) is 0 Å². The molecule has 0 aromatic rings. The summed E-state index contributed by atoms with van der Waals surface area (Å²) in [6, 6.07) is 0. The molecule has 0 atom stereocenters. The Morgan fingerprint density at radius 1 is 1.35 bits per heavy atom. The van der Waals surface area contributed by atoms with E-state index in [-0.39, 0.29) is 6.54 Å². The van der Waals surface area contributed by atoms with Gasteiger partial charge < -0.3 is 10.2 Å². The van der Waals surface area contributed by atoms with Crippen LogP contribution in [0.1, 0.15) is 26.2 Å². The standard InChI is InChI=1S/C11H20F3N3/c1-9-3-7-17(8-4-9)10(15-2)16-6-5-11(12,13)14/h9H,3-8H2,1-2H3,(H,15,16). The first-order chi connectivity index (χ1) is 7.92. The van der Waals surface area contributed by atoms with Gasteiger partial charge in [0.2, 0.25) is 0 Å². The molecule has 1 rings (SSSR count). The van der Waals surface area contributed by atoms with E-state index in [0.717, 1.165) is 25.9 Å². The van der Waals surface area contributed by atoms with Gasteiger partial charge in [-0.3, -0.25) is 4.99 Å². The summed E-state index contributed by atoms with van der Waals surface area (Å²) in [6.07, 6.45) is -2.79. The van der Waals surface area contributed by atoms with Gasteiger partial charge in [0, 0.05) is 26.7 Å². The Balaban J connectivity index is 2.34. The van der Waals surface area contributed by atoms with E-state index in [9.17, 15) is 13.2 Å². The fourth-order valence-corrected chi connectivity index (χ4v) is 1.87. The molecule has 1 heterocycles. The van der Waals surface area contributed by atoms with Crippen LogP contribution in [0.4, 0.5) is 13.2 Å². The molecular weight excluding hydrogens is 231 g/mol. The first-order valence-corrected chi connectivity index (χ1v) is 5.94. The van der Waals surface area contributed by atoms with E-state index in [2.05, 4.69) is 17.2 Å². The van der Waals surface area contributed by atoms with E-state index in [4.69, 9.17) is 0 Å². The summed E-state index contributed by atoms with van der Waals surface area (Å²) < 4.78 is 36.0. The van der Waals surface area contributed by atoms with Gasteiger partial charge in [-0.1, -0.05) is 6.92 Å². The normalized spacial score (nSPS) is 19.6. The number of rotatable bonds is 2. The monoisotopic (exact) mass is 251 g/mol. The number of aliphatic imine (C=N–C) groups is 1. The van der Waals surface area contributed by atoms with Crippen molar-refractivity contribution in [2.45, 2.75) is 32.4 Å². The van der Waals surface area contributed by atoms with Crippen LogP contribution in [0.25, 0.3) is 0 Å². The molecule has 0 aromatic carbocycles. The van der Waals surface area contributed by atoms with Crippen molar-refractivity contribution in [1.82, 2.24) is 10.2 Å². The van der Waals surface area contributed by atoms with Crippen LogP contribution in [0.15, 0.2) is 4.99 Å². The molecule has 0 saturated carbocycles. The zero-order valence-corrected chi connectivity index (χ0v) is 10.3. The van der Waals surface area contributed by atoms with Crippen molar-refractivity contribution in [3.63, 3.8) is 0 Å². The highest BCUT2D eigenvalue weighted by atomic mass is 19.4. The average Bonchev–Trinajstić information content (AvgIpc) is 2.24. The van der Waals surface area contributed by atoms with Crippen LogP contribution in [0.5, 0.6) is 0 Å². The Bertz CT molecular complexity index is 255. The molecule has 1 fully saturated rings. The Morgan fingerprint density at radius 3 is 2.41 bits per heavy atom. The van der Waals surface area contributed by atoms with Crippen LogP contribution in [0.3, 0.4) is 0 Å². The molecule has 0 radical (unpaired) electrons. The van der Waals surface area contributed by atoms with Gasteiger partial charge in [0.1, 0.15) is 0 Å². The topological polar surface area (TPSA) is 27.6 Å². The third kappa shape index (κ3) is 5.28. The van der Waals surface area contributed by atoms with E-state index in [1.54, 1.807) is 7.05 Å². The number of alkyl halides is 3. The molecule has 17 heavy (non-hydrogen) atoms. The SMILES string of the molecule is CN=C(NCCC(F)(F)F)N1CCC(C)CC1. The van der Waals surface area contributed by atoms with Gasteiger partial charge in [-0.15, -0.1) is 0 Å². The predicted octanol–water partition coefficient (Wildman–Crippen LogP) is 2.25. The van der Waals surface area contributed by atoms with Gasteiger partial charge in [-0.25, -0.2) is 0 Å². The number of halogens is 3. The number of likely N-dealkylation sites (tertiary alicyclic amines) is 1.